The molecule has 0 saturated carbocycles. The molecule has 3 aromatic rings. The minimum absolute atomic E-state index is 0.000722. The molecule has 33 heavy (non-hydrogen) atoms. The minimum Gasteiger partial charge on any atom is -0.379 e. The van der Waals surface area contributed by atoms with E-state index < -0.39 is 0 Å². The van der Waals surface area contributed by atoms with Crippen LogP contribution >= 0.6 is 0 Å². The van der Waals surface area contributed by atoms with Gasteiger partial charge in [0.05, 0.1) is 24.8 Å². The number of hydrogen-bond acceptors (Lipinski definition) is 4. The molecule has 170 valence electrons. The molecule has 2 amide bonds. The number of fused-ring (bicyclic) bond motifs is 1. The van der Waals surface area contributed by atoms with E-state index in [-0.39, 0.29) is 24.2 Å². The fourth-order valence-electron chi connectivity index (χ4n) is 4.77. The number of morpholine rings is 1. The third-order valence-electron chi connectivity index (χ3n) is 6.62. The molecule has 1 atom stereocenters. The van der Waals surface area contributed by atoms with Gasteiger partial charge in [-0.3, -0.25) is 14.5 Å². The number of ether oxygens (including phenoxy) is 1. The van der Waals surface area contributed by atoms with Crippen LogP contribution in [-0.2, 0) is 27.4 Å². The molecule has 2 saturated heterocycles. The summed E-state index contributed by atoms with van der Waals surface area (Å²) >= 11 is 0. The van der Waals surface area contributed by atoms with Crippen LogP contribution in [0.15, 0.2) is 66.7 Å². The minimum atomic E-state index is -0.345. The van der Waals surface area contributed by atoms with Crippen LogP contribution in [0.5, 0.6) is 0 Å². The van der Waals surface area contributed by atoms with Crippen molar-refractivity contribution in [1.82, 2.24) is 10.2 Å². The summed E-state index contributed by atoms with van der Waals surface area (Å²) in [5.74, 6) is -0.408. The van der Waals surface area contributed by atoms with Gasteiger partial charge in [0.15, 0.2) is 0 Å². The van der Waals surface area contributed by atoms with E-state index in [1.165, 1.54) is 5.56 Å². The van der Waals surface area contributed by atoms with Crippen molar-refractivity contribution < 1.29 is 14.3 Å². The molecule has 2 heterocycles. The molecule has 2 aliphatic heterocycles. The molecule has 6 nitrogen and oxygen atoms in total. The highest BCUT2D eigenvalue weighted by atomic mass is 16.5. The van der Waals surface area contributed by atoms with Gasteiger partial charge in [0.2, 0.25) is 11.8 Å². The number of anilines is 1. The SMILES string of the molecule is O=C(NCc1ccccc1CN1CCOCC1)[C@H]1CC(=O)N(c2cccc3ccccc23)C1. The Hall–Kier alpha value is -3.22. The van der Waals surface area contributed by atoms with Crippen molar-refractivity contribution in [2.75, 3.05) is 37.7 Å². The fourth-order valence-corrected chi connectivity index (χ4v) is 4.77. The van der Waals surface area contributed by atoms with Gasteiger partial charge in [0.25, 0.3) is 0 Å². The Morgan fingerprint density at radius 3 is 2.52 bits per heavy atom. The average molecular weight is 444 g/mol. The lowest BCUT2D eigenvalue weighted by molar-refractivity contribution is -0.126. The van der Waals surface area contributed by atoms with Crippen LogP contribution < -0.4 is 10.2 Å². The lowest BCUT2D eigenvalue weighted by Crippen LogP contribution is -2.36. The maximum Gasteiger partial charge on any atom is 0.227 e. The van der Waals surface area contributed by atoms with Gasteiger partial charge >= 0.3 is 0 Å². The van der Waals surface area contributed by atoms with Crippen molar-refractivity contribution in [1.29, 1.82) is 0 Å². The van der Waals surface area contributed by atoms with Crippen LogP contribution in [-0.4, -0.2) is 49.6 Å². The van der Waals surface area contributed by atoms with Gasteiger partial charge in [0.1, 0.15) is 0 Å². The van der Waals surface area contributed by atoms with E-state index in [2.05, 4.69) is 22.3 Å². The number of nitrogens with one attached hydrogen (secondary N) is 1. The molecule has 0 unspecified atom stereocenters. The lowest BCUT2D eigenvalue weighted by atomic mass is 10.1. The quantitative estimate of drug-likeness (QED) is 0.635. The second-order valence-electron chi connectivity index (χ2n) is 8.78. The van der Waals surface area contributed by atoms with Gasteiger partial charge in [-0.25, -0.2) is 0 Å². The zero-order chi connectivity index (χ0) is 22.6. The zero-order valence-electron chi connectivity index (χ0n) is 18.7. The molecular formula is C27H29N3O3. The van der Waals surface area contributed by atoms with Crippen molar-refractivity contribution in [3.8, 4) is 0 Å². The van der Waals surface area contributed by atoms with Crippen LogP contribution in [0.1, 0.15) is 17.5 Å². The predicted molar refractivity (Wildman–Crippen MR) is 129 cm³/mol. The zero-order valence-corrected chi connectivity index (χ0v) is 18.7. The first kappa shape index (κ1) is 21.6. The normalized spacial score (nSPS) is 19.2. The van der Waals surface area contributed by atoms with E-state index in [0.29, 0.717) is 13.1 Å². The maximum atomic E-state index is 13.0. The van der Waals surface area contributed by atoms with Gasteiger partial charge in [0, 0.05) is 44.5 Å². The van der Waals surface area contributed by atoms with E-state index in [1.54, 1.807) is 4.90 Å². The highest BCUT2D eigenvalue weighted by Crippen LogP contribution is 2.31. The van der Waals surface area contributed by atoms with Crippen molar-refractivity contribution >= 4 is 28.3 Å². The molecule has 0 bridgehead atoms. The number of rotatable bonds is 6. The Morgan fingerprint density at radius 2 is 1.67 bits per heavy atom. The predicted octanol–water partition coefficient (Wildman–Crippen LogP) is 3.34. The standard InChI is InChI=1S/C27H29N3O3/c31-26-16-23(19-30(26)25-11-5-9-20-6-3-4-10-24(20)25)27(32)28-17-21-7-1-2-8-22(21)18-29-12-14-33-15-13-29/h1-11,23H,12-19H2,(H,28,32)/t23-/m0/s1. The van der Waals surface area contributed by atoms with E-state index in [4.69, 9.17) is 4.74 Å². The highest BCUT2D eigenvalue weighted by Gasteiger charge is 2.35. The largest absolute Gasteiger partial charge is 0.379 e. The number of benzene rings is 3. The van der Waals surface area contributed by atoms with Gasteiger partial charge in [-0.2, -0.15) is 0 Å². The van der Waals surface area contributed by atoms with E-state index >= 15 is 0 Å². The maximum absolute atomic E-state index is 13.0. The number of carbonyl (C=O) groups excluding carboxylic acids is 2. The molecule has 5 rings (SSSR count). The van der Waals surface area contributed by atoms with Gasteiger partial charge in [-0.1, -0.05) is 60.7 Å². The second-order valence-corrected chi connectivity index (χ2v) is 8.78. The molecule has 2 aliphatic rings. The first-order valence-electron chi connectivity index (χ1n) is 11.6. The number of carbonyl (C=O) groups is 2. The summed E-state index contributed by atoms with van der Waals surface area (Å²) in [6.45, 7) is 5.12. The number of hydrogen-bond donors (Lipinski definition) is 1. The lowest BCUT2D eigenvalue weighted by Gasteiger charge is -2.27. The monoisotopic (exact) mass is 443 g/mol. The third kappa shape index (κ3) is 4.77. The highest BCUT2D eigenvalue weighted by molar-refractivity contribution is 6.06. The van der Waals surface area contributed by atoms with Crippen molar-refractivity contribution in [3.05, 3.63) is 77.9 Å². The first-order chi connectivity index (χ1) is 16.2. The van der Waals surface area contributed by atoms with Gasteiger partial charge < -0.3 is 15.0 Å². The van der Waals surface area contributed by atoms with Crippen LogP contribution in [0.25, 0.3) is 10.8 Å². The summed E-state index contributed by atoms with van der Waals surface area (Å²) in [6.07, 6.45) is 0.241. The molecule has 0 radical (unpaired) electrons. The summed E-state index contributed by atoms with van der Waals surface area (Å²) in [5, 5.41) is 5.21. The van der Waals surface area contributed by atoms with Crippen LogP contribution in [0.4, 0.5) is 5.69 Å². The Morgan fingerprint density at radius 1 is 0.939 bits per heavy atom. The van der Waals surface area contributed by atoms with Gasteiger partial charge in [-0.15, -0.1) is 0 Å². The van der Waals surface area contributed by atoms with Crippen LogP contribution in [0.3, 0.4) is 0 Å². The molecule has 0 spiro atoms. The van der Waals surface area contributed by atoms with Crippen molar-refractivity contribution in [2.24, 2.45) is 5.92 Å². The van der Waals surface area contributed by atoms with Crippen molar-refractivity contribution in [3.63, 3.8) is 0 Å². The summed E-state index contributed by atoms with van der Waals surface area (Å²) in [5.41, 5.74) is 3.22. The Balaban J connectivity index is 1.24. The molecule has 6 heteroatoms. The number of nitrogens with zero attached hydrogens (tertiary/aromatic N) is 2. The molecular weight excluding hydrogens is 414 g/mol. The van der Waals surface area contributed by atoms with E-state index in [1.807, 2.05) is 54.6 Å². The molecule has 0 aromatic heterocycles. The second kappa shape index (κ2) is 9.73. The Labute approximate surface area is 194 Å². The summed E-state index contributed by atoms with van der Waals surface area (Å²) in [7, 11) is 0. The topological polar surface area (TPSA) is 61.9 Å². The summed E-state index contributed by atoms with van der Waals surface area (Å²) in [6, 6.07) is 22.2. The smallest absolute Gasteiger partial charge is 0.227 e. The molecule has 1 N–H and O–H groups in total. The molecule has 0 aliphatic carbocycles. The van der Waals surface area contributed by atoms with Gasteiger partial charge in [-0.05, 0) is 22.6 Å². The first-order valence-corrected chi connectivity index (χ1v) is 11.6. The average Bonchev–Trinajstić information content (AvgIpc) is 3.25. The molecule has 3 aromatic carbocycles. The fraction of sp³-hybridized carbons (Fsp3) is 0.333. The van der Waals surface area contributed by atoms with Crippen LogP contribution in [0.2, 0.25) is 0 Å². The number of amides is 2. The third-order valence-corrected chi connectivity index (χ3v) is 6.62. The Kier molecular flexibility index (Phi) is 6.37. The van der Waals surface area contributed by atoms with E-state index in [9.17, 15) is 9.59 Å². The molecule has 2 fully saturated rings. The Bertz CT molecular complexity index is 1150. The van der Waals surface area contributed by atoms with E-state index in [0.717, 1.165) is 54.9 Å². The summed E-state index contributed by atoms with van der Waals surface area (Å²) in [4.78, 5) is 29.9. The summed E-state index contributed by atoms with van der Waals surface area (Å²) < 4.78 is 5.45. The van der Waals surface area contributed by atoms with Crippen molar-refractivity contribution in [2.45, 2.75) is 19.5 Å². The van der Waals surface area contributed by atoms with Crippen LogP contribution in [0, 0.1) is 5.92 Å².